The molecule has 7 heteroatoms. The van der Waals surface area contributed by atoms with Crippen LogP contribution in [0.3, 0.4) is 0 Å². The molecule has 0 bridgehead atoms. The van der Waals surface area contributed by atoms with Crippen LogP contribution in [0.4, 0.5) is 23.2 Å². The Morgan fingerprint density at radius 2 is 1.67 bits per heavy atom. The molecule has 0 spiro atoms. The predicted molar refractivity (Wildman–Crippen MR) is 78.5 cm³/mol. The molecule has 2 aromatic rings. The molecule has 0 atom stereocenters. The van der Waals surface area contributed by atoms with Gasteiger partial charge in [-0.15, -0.1) is 0 Å². The molecule has 110 valence electrons. The molecule has 2 nitrogen and oxygen atoms in total. The number of carbonyl (C=O) groups excluding carboxylic acids is 1. The number of rotatable bonds is 2. The molecule has 0 heterocycles. The van der Waals surface area contributed by atoms with Crippen molar-refractivity contribution in [2.45, 2.75) is 6.18 Å². The molecule has 0 radical (unpaired) electrons. The lowest BCUT2D eigenvalue weighted by Crippen LogP contribution is -2.19. The zero-order chi connectivity index (χ0) is 15.6. The van der Waals surface area contributed by atoms with Crippen molar-refractivity contribution < 1.29 is 22.4 Å². The molecule has 0 unspecified atom stereocenters. The predicted octanol–water partition coefficient (Wildman–Crippen LogP) is 4.70. The third-order valence-corrected chi connectivity index (χ3v) is 3.30. The number of halogens is 5. The van der Waals surface area contributed by atoms with E-state index < -0.39 is 29.0 Å². The van der Waals surface area contributed by atoms with E-state index in [4.69, 9.17) is 0 Å². The molecule has 21 heavy (non-hydrogen) atoms. The summed E-state index contributed by atoms with van der Waals surface area (Å²) in [5.74, 6) is -1.40. The number of nitrogens with one attached hydrogen (secondary N) is 1. The van der Waals surface area contributed by atoms with Gasteiger partial charge in [0, 0.05) is 9.26 Å². The highest BCUT2D eigenvalue weighted by Gasteiger charge is 2.35. The smallest absolute Gasteiger partial charge is 0.322 e. The van der Waals surface area contributed by atoms with Gasteiger partial charge in [0.25, 0.3) is 5.91 Å². The van der Waals surface area contributed by atoms with Crippen LogP contribution in [0.15, 0.2) is 42.5 Å². The van der Waals surface area contributed by atoms with Crippen molar-refractivity contribution in [2.24, 2.45) is 0 Å². The number of hydrogen-bond donors (Lipinski definition) is 1. The minimum Gasteiger partial charge on any atom is -0.322 e. The molecule has 0 aliphatic rings. The third kappa shape index (κ3) is 3.93. The Labute approximate surface area is 131 Å². The SMILES string of the molecule is O=C(Nc1ccc(F)cc1)c1ccc(I)cc1C(F)(F)F. The lowest BCUT2D eigenvalue weighted by molar-refractivity contribution is -0.137. The van der Waals surface area contributed by atoms with Crippen molar-refractivity contribution in [1.29, 1.82) is 0 Å². The summed E-state index contributed by atoms with van der Waals surface area (Å²) in [7, 11) is 0. The van der Waals surface area contributed by atoms with Gasteiger partial charge in [-0.05, 0) is 65.1 Å². The van der Waals surface area contributed by atoms with Crippen molar-refractivity contribution in [3.63, 3.8) is 0 Å². The molecule has 0 saturated heterocycles. The van der Waals surface area contributed by atoms with Gasteiger partial charge in [-0.3, -0.25) is 4.79 Å². The highest BCUT2D eigenvalue weighted by molar-refractivity contribution is 14.1. The van der Waals surface area contributed by atoms with Gasteiger partial charge in [-0.25, -0.2) is 4.39 Å². The quantitative estimate of drug-likeness (QED) is 0.566. The zero-order valence-corrected chi connectivity index (χ0v) is 12.5. The number of benzene rings is 2. The molecule has 0 aliphatic heterocycles. The molecule has 1 amide bonds. The summed E-state index contributed by atoms with van der Waals surface area (Å²) >= 11 is 1.74. The number of carbonyl (C=O) groups is 1. The second-order valence-electron chi connectivity index (χ2n) is 4.15. The van der Waals surface area contributed by atoms with E-state index in [0.717, 1.165) is 24.3 Å². The van der Waals surface area contributed by atoms with Crippen LogP contribution in [0, 0.1) is 9.39 Å². The summed E-state index contributed by atoms with van der Waals surface area (Å²) in [5.41, 5.74) is -1.27. The lowest BCUT2D eigenvalue weighted by atomic mass is 10.1. The van der Waals surface area contributed by atoms with E-state index in [0.29, 0.717) is 3.57 Å². The van der Waals surface area contributed by atoms with Crippen LogP contribution in [0.2, 0.25) is 0 Å². The average Bonchev–Trinajstić information content (AvgIpc) is 2.40. The standard InChI is InChI=1S/C14H8F4INO/c15-8-1-4-10(5-2-8)20-13(21)11-6-3-9(19)7-12(11)14(16,17)18/h1-7H,(H,20,21). The van der Waals surface area contributed by atoms with Crippen molar-refractivity contribution in [1.82, 2.24) is 0 Å². The van der Waals surface area contributed by atoms with Crippen molar-refractivity contribution in [2.75, 3.05) is 5.32 Å². The normalized spacial score (nSPS) is 11.3. The molecule has 0 saturated carbocycles. The third-order valence-electron chi connectivity index (χ3n) is 2.63. The Morgan fingerprint density at radius 1 is 1.05 bits per heavy atom. The number of amides is 1. The van der Waals surface area contributed by atoms with Gasteiger partial charge in [-0.1, -0.05) is 0 Å². The van der Waals surface area contributed by atoms with Gasteiger partial charge in [-0.2, -0.15) is 13.2 Å². The monoisotopic (exact) mass is 409 g/mol. The van der Waals surface area contributed by atoms with Gasteiger partial charge in [0.15, 0.2) is 0 Å². The fraction of sp³-hybridized carbons (Fsp3) is 0.0714. The fourth-order valence-corrected chi connectivity index (χ4v) is 2.17. The lowest BCUT2D eigenvalue weighted by Gasteiger charge is -2.13. The van der Waals surface area contributed by atoms with Crippen LogP contribution >= 0.6 is 22.6 Å². The van der Waals surface area contributed by atoms with Crippen molar-refractivity contribution in [3.8, 4) is 0 Å². The van der Waals surface area contributed by atoms with Gasteiger partial charge in [0.05, 0.1) is 11.1 Å². The first kappa shape index (κ1) is 15.7. The first-order chi connectivity index (χ1) is 9.77. The van der Waals surface area contributed by atoms with E-state index in [9.17, 15) is 22.4 Å². The number of anilines is 1. The topological polar surface area (TPSA) is 29.1 Å². The molecule has 1 N–H and O–H groups in total. The molecular formula is C14H8F4INO. The van der Waals surface area contributed by atoms with E-state index in [1.165, 1.54) is 18.2 Å². The Balaban J connectivity index is 2.33. The molecule has 0 aliphatic carbocycles. The van der Waals surface area contributed by atoms with E-state index in [-0.39, 0.29) is 5.69 Å². The summed E-state index contributed by atoms with van der Waals surface area (Å²) in [4.78, 5) is 12.0. The maximum atomic E-state index is 12.9. The van der Waals surface area contributed by atoms with Gasteiger partial charge in [0.2, 0.25) is 0 Å². The van der Waals surface area contributed by atoms with Gasteiger partial charge in [0.1, 0.15) is 5.82 Å². The first-order valence-electron chi connectivity index (χ1n) is 5.71. The fourth-order valence-electron chi connectivity index (χ4n) is 1.68. The number of alkyl halides is 3. The second-order valence-corrected chi connectivity index (χ2v) is 5.39. The second kappa shape index (κ2) is 6.00. The summed E-state index contributed by atoms with van der Waals surface area (Å²) in [6.07, 6.45) is -4.63. The van der Waals surface area contributed by atoms with Gasteiger partial charge >= 0.3 is 6.18 Å². The Morgan fingerprint density at radius 3 is 2.24 bits per heavy atom. The van der Waals surface area contributed by atoms with Crippen LogP contribution in [0.25, 0.3) is 0 Å². The summed E-state index contributed by atoms with van der Waals surface area (Å²) < 4.78 is 52.0. The maximum absolute atomic E-state index is 12.9. The summed E-state index contributed by atoms with van der Waals surface area (Å²) in [5, 5.41) is 2.31. The minimum atomic E-state index is -4.63. The van der Waals surface area contributed by atoms with E-state index in [1.807, 2.05) is 0 Å². The summed E-state index contributed by atoms with van der Waals surface area (Å²) in [6.45, 7) is 0. The minimum absolute atomic E-state index is 0.216. The Hall–Kier alpha value is -1.64. The Kier molecular flexibility index (Phi) is 4.50. The van der Waals surface area contributed by atoms with Crippen LogP contribution in [-0.4, -0.2) is 5.91 Å². The maximum Gasteiger partial charge on any atom is 0.417 e. The summed E-state index contributed by atoms with van der Waals surface area (Å²) in [6, 6.07) is 8.18. The highest BCUT2D eigenvalue weighted by atomic mass is 127. The van der Waals surface area contributed by atoms with Crippen LogP contribution in [-0.2, 0) is 6.18 Å². The van der Waals surface area contributed by atoms with Gasteiger partial charge < -0.3 is 5.32 Å². The van der Waals surface area contributed by atoms with E-state index >= 15 is 0 Å². The van der Waals surface area contributed by atoms with Crippen molar-refractivity contribution >= 4 is 34.2 Å². The van der Waals surface area contributed by atoms with E-state index in [2.05, 4.69) is 5.32 Å². The number of hydrogen-bond acceptors (Lipinski definition) is 1. The molecular weight excluding hydrogens is 401 g/mol. The van der Waals surface area contributed by atoms with Crippen molar-refractivity contribution in [3.05, 3.63) is 63.0 Å². The Bertz CT molecular complexity index is 668. The van der Waals surface area contributed by atoms with Crippen LogP contribution in [0.5, 0.6) is 0 Å². The molecule has 0 aromatic heterocycles. The van der Waals surface area contributed by atoms with Crippen LogP contribution < -0.4 is 5.32 Å². The molecule has 2 rings (SSSR count). The average molecular weight is 409 g/mol. The largest absolute Gasteiger partial charge is 0.417 e. The first-order valence-corrected chi connectivity index (χ1v) is 6.79. The highest BCUT2D eigenvalue weighted by Crippen LogP contribution is 2.33. The van der Waals surface area contributed by atoms with E-state index in [1.54, 1.807) is 22.6 Å². The van der Waals surface area contributed by atoms with Crippen LogP contribution in [0.1, 0.15) is 15.9 Å². The zero-order valence-electron chi connectivity index (χ0n) is 10.3. The molecule has 2 aromatic carbocycles. The molecule has 0 fully saturated rings.